The van der Waals surface area contributed by atoms with Gasteiger partial charge in [-0.15, -0.1) is 0 Å². The predicted molar refractivity (Wildman–Crippen MR) is 90.3 cm³/mol. The summed E-state index contributed by atoms with van der Waals surface area (Å²) >= 11 is 0. The fourth-order valence-electron chi connectivity index (χ4n) is 2.65. The van der Waals surface area contributed by atoms with Gasteiger partial charge in [-0.2, -0.15) is 0 Å². The maximum Gasteiger partial charge on any atom is 0.251 e. The van der Waals surface area contributed by atoms with Crippen LogP contribution >= 0.6 is 0 Å². The molecule has 1 saturated carbocycles. The van der Waals surface area contributed by atoms with Gasteiger partial charge < -0.3 is 15.7 Å². The van der Waals surface area contributed by atoms with Gasteiger partial charge in [0.1, 0.15) is 0 Å². The highest BCUT2D eigenvalue weighted by molar-refractivity contribution is 6.04. The maximum absolute atomic E-state index is 12.2. The molecule has 23 heavy (non-hydrogen) atoms. The number of carbonyl (C=O) groups excluding carboxylic acids is 2. The van der Waals surface area contributed by atoms with Crippen LogP contribution < -0.4 is 10.6 Å². The van der Waals surface area contributed by atoms with Crippen LogP contribution in [0, 0.1) is 0 Å². The average Bonchev–Trinajstić information content (AvgIpc) is 3.09. The van der Waals surface area contributed by atoms with Crippen LogP contribution in [0.25, 0.3) is 0 Å². The first-order valence-electron chi connectivity index (χ1n) is 8.11. The van der Waals surface area contributed by atoms with Gasteiger partial charge in [0.15, 0.2) is 0 Å². The van der Waals surface area contributed by atoms with Gasteiger partial charge in [-0.3, -0.25) is 9.59 Å². The fraction of sp³-hybridized carbons (Fsp3) is 0.444. The Hall–Kier alpha value is -2.14. The van der Waals surface area contributed by atoms with Crippen molar-refractivity contribution in [2.75, 3.05) is 18.5 Å². The molecule has 1 aromatic rings. The number of hydrogen-bond donors (Lipinski definition) is 3. The average molecular weight is 316 g/mol. The van der Waals surface area contributed by atoms with Crippen LogP contribution in [-0.4, -0.2) is 30.1 Å². The van der Waals surface area contributed by atoms with Crippen molar-refractivity contribution in [2.45, 2.75) is 39.0 Å². The molecule has 5 nitrogen and oxygen atoms in total. The molecule has 0 saturated heterocycles. The molecule has 0 atom stereocenters. The molecule has 0 aliphatic heterocycles. The summed E-state index contributed by atoms with van der Waals surface area (Å²) in [6, 6.07) is 6.82. The minimum absolute atomic E-state index is 0.0557. The standard InChI is InChI=1S/C18H24N2O3/c1-13(14-5-2-3-6-14)17(22)20-16-9-7-15(8-10-16)18(23)19-11-4-12-21/h7-10,21H,2-6,11-12H2,1H3,(H,19,23)(H,20,22). The highest BCUT2D eigenvalue weighted by Gasteiger charge is 2.15. The van der Waals surface area contributed by atoms with Crippen LogP contribution in [-0.2, 0) is 4.79 Å². The van der Waals surface area contributed by atoms with E-state index in [1.807, 2.05) is 6.92 Å². The maximum atomic E-state index is 12.2. The van der Waals surface area contributed by atoms with Gasteiger partial charge in [0.25, 0.3) is 11.8 Å². The van der Waals surface area contributed by atoms with Gasteiger partial charge in [-0.1, -0.05) is 5.57 Å². The molecule has 5 heteroatoms. The smallest absolute Gasteiger partial charge is 0.251 e. The van der Waals surface area contributed by atoms with Crippen LogP contribution in [0.4, 0.5) is 5.69 Å². The normalized spacial score (nSPS) is 13.7. The molecule has 124 valence electrons. The van der Waals surface area contributed by atoms with Crippen LogP contribution in [0.5, 0.6) is 0 Å². The number of aliphatic hydroxyl groups excluding tert-OH is 1. The molecule has 0 heterocycles. The number of aliphatic hydroxyl groups is 1. The van der Waals surface area contributed by atoms with Crippen molar-refractivity contribution >= 4 is 17.5 Å². The van der Waals surface area contributed by atoms with E-state index in [0.29, 0.717) is 24.2 Å². The van der Waals surface area contributed by atoms with E-state index in [0.717, 1.165) is 18.4 Å². The van der Waals surface area contributed by atoms with E-state index in [1.165, 1.54) is 18.4 Å². The van der Waals surface area contributed by atoms with Crippen molar-refractivity contribution in [1.82, 2.24) is 5.32 Å². The lowest BCUT2D eigenvalue weighted by molar-refractivity contribution is -0.112. The Morgan fingerprint density at radius 1 is 1.13 bits per heavy atom. The van der Waals surface area contributed by atoms with Crippen molar-refractivity contribution in [3.05, 3.63) is 41.0 Å². The van der Waals surface area contributed by atoms with E-state index in [-0.39, 0.29) is 18.4 Å². The Labute approximate surface area is 136 Å². The Balaban J connectivity index is 1.93. The van der Waals surface area contributed by atoms with Crippen molar-refractivity contribution in [1.29, 1.82) is 0 Å². The second-order valence-corrected chi connectivity index (χ2v) is 5.80. The van der Waals surface area contributed by atoms with Crippen molar-refractivity contribution in [3.8, 4) is 0 Å². The summed E-state index contributed by atoms with van der Waals surface area (Å²) in [5.74, 6) is -0.248. The van der Waals surface area contributed by atoms with Gasteiger partial charge in [0.05, 0.1) is 0 Å². The molecule has 2 amide bonds. The van der Waals surface area contributed by atoms with Crippen LogP contribution in [0.15, 0.2) is 35.4 Å². The van der Waals surface area contributed by atoms with Gasteiger partial charge in [0, 0.05) is 30.0 Å². The first-order valence-corrected chi connectivity index (χ1v) is 8.11. The minimum Gasteiger partial charge on any atom is -0.396 e. The van der Waals surface area contributed by atoms with E-state index in [9.17, 15) is 9.59 Å². The SMILES string of the molecule is CC(C(=O)Nc1ccc(C(=O)NCCCO)cc1)=C1CCCC1. The molecular weight excluding hydrogens is 292 g/mol. The fourth-order valence-corrected chi connectivity index (χ4v) is 2.65. The topological polar surface area (TPSA) is 78.4 Å². The summed E-state index contributed by atoms with van der Waals surface area (Å²) in [5.41, 5.74) is 3.28. The van der Waals surface area contributed by atoms with Gasteiger partial charge in [-0.05, 0) is 63.3 Å². The Morgan fingerprint density at radius 3 is 2.39 bits per heavy atom. The monoisotopic (exact) mass is 316 g/mol. The predicted octanol–water partition coefficient (Wildman–Crippen LogP) is 2.63. The van der Waals surface area contributed by atoms with Gasteiger partial charge in [0.2, 0.25) is 0 Å². The highest BCUT2D eigenvalue weighted by atomic mass is 16.3. The zero-order chi connectivity index (χ0) is 16.7. The third kappa shape index (κ3) is 4.93. The number of rotatable bonds is 6. The molecule has 0 bridgehead atoms. The lowest BCUT2D eigenvalue weighted by Gasteiger charge is -2.09. The molecule has 0 spiro atoms. The molecule has 0 aromatic heterocycles. The number of anilines is 1. The van der Waals surface area contributed by atoms with E-state index >= 15 is 0 Å². The lowest BCUT2D eigenvalue weighted by Crippen LogP contribution is -2.25. The molecule has 2 rings (SSSR count). The minimum atomic E-state index is -0.180. The summed E-state index contributed by atoms with van der Waals surface area (Å²) in [5, 5.41) is 14.3. The molecule has 0 radical (unpaired) electrons. The number of benzene rings is 1. The molecule has 1 aliphatic carbocycles. The van der Waals surface area contributed by atoms with Crippen LogP contribution in [0.1, 0.15) is 49.4 Å². The van der Waals surface area contributed by atoms with Crippen LogP contribution in [0.3, 0.4) is 0 Å². The first kappa shape index (κ1) is 17.2. The third-order valence-corrected chi connectivity index (χ3v) is 4.10. The van der Waals surface area contributed by atoms with Crippen LogP contribution in [0.2, 0.25) is 0 Å². The van der Waals surface area contributed by atoms with Gasteiger partial charge >= 0.3 is 0 Å². The summed E-state index contributed by atoms with van der Waals surface area (Å²) < 4.78 is 0. The Kier molecular flexibility index (Phi) is 6.35. The molecule has 1 fully saturated rings. The summed E-state index contributed by atoms with van der Waals surface area (Å²) in [4.78, 5) is 24.1. The molecular formula is C18H24N2O3. The molecule has 1 aromatic carbocycles. The molecule has 0 unspecified atom stereocenters. The Morgan fingerprint density at radius 2 is 1.78 bits per heavy atom. The van der Waals surface area contributed by atoms with Crippen molar-refractivity contribution in [2.24, 2.45) is 0 Å². The first-order chi connectivity index (χ1) is 11.1. The molecule has 1 aliphatic rings. The largest absolute Gasteiger partial charge is 0.396 e. The number of amides is 2. The van der Waals surface area contributed by atoms with E-state index in [2.05, 4.69) is 10.6 Å². The number of nitrogens with one attached hydrogen (secondary N) is 2. The van der Waals surface area contributed by atoms with Crippen molar-refractivity contribution < 1.29 is 14.7 Å². The highest BCUT2D eigenvalue weighted by Crippen LogP contribution is 2.27. The van der Waals surface area contributed by atoms with Crippen molar-refractivity contribution in [3.63, 3.8) is 0 Å². The zero-order valence-corrected chi connectivity index (χ0v) is 13.5. The second-order valence-electron chi connectivity index (χ2n) is 5.80. The number of carbonyl (C=O) groups is 2. The summed E-state index contributed by atoms with van der Waals surface area (Å²) in [7, 11) is 0. The van der Waals surface area contributed by atoms with E-state index < -0.39 is 0 Å². The zero-order valence-electron chi connectivity index (χ0n) is 13.5. The summed E-state index contributed by atoms with van der Waals surface area (Å²) in [6.45, 7) is 2.37. The number of hydrogen-bond acceptors (Lipinski definition) is 3. The third-order valence-electron chi connectivity index (χ3n) is 4.10. The molecule has 3 N–H and O–H groups in total. The number of allylic oxidation sites excluding steroid dienone is 1. The quantitative estimate of drug-likeness (QED) is 0.557. The lowest BCUT2D eigenvalue weighted by atomic mass is 10.1. The summed E-state index contributed by atoms with van der Waals surface area (Å²) in [6.07, 6.45) is 4.91. The second kappa shape index (κ2) is 8.48. The Bertz CT molecular complexity index is 583. The van der Waals surface area contributed by atoms with Gasteiger partial charge in [-0.25, -0.2) is 0 Å². The van der Waals surface area contributed by atoms with E-state index in [4.69, 9.17) is 5.11 Å². The van der Waals surface area contributed by atoms with E-state index in [1.54, 1.807) is 24.3 Å².